The fourth-order valence-electron chi connectivity index (χ4n) is 4.27. The molecular weight excluding hydrogens is 497 g/mol. The van der Waals surface area contributed by atoms with Gasteiger partial charge in [0.2, 0.25) is 5.91 Å². The Balaban J connectivity index is 1.66. The molecule has 0 fully saturated rings. The molecule has 1 aliphatic rings. The van der Waals surface area contributed by atoms with Gasteiger partial charge < -0.3 is 14.8 Å². The van der Waals surface area contributed by atoms with E-state index in [4.69, 9.17) is 4.74 Å². The highest BCUT2D eigenvalue weighted by Gasteiger charge is 2.31. The molecular formula is C29H31F3N2O4. The van der Waals surface area contributed by atoms with Crippen LogP contribution in [0, 0.1) is 0 Å². The fourth-order valence-corrected chi connectivity index (χ4v) is 4.27. The quantitative estimate of drug-likeness (QED) is 0.267. The first-order chi connectivity index (χ1) is 18.1. The molecule has 0 bridgehead atoms. The first kappa shape index (κ1) is 28.7. The van der Waals surface area contributed by atoms with Crippen LogP contribution in [0.3, 0.4) is 0 Å². The first-order valence-electron chi connectivity index (χ1n) is 12.1. The van der Waals surface area contributed by atoms with E-state index in [-0.39, 0.29) is 18.3 Å². The minimum absolute atomic E-state index is 0.117. The number of hydrogen-bond acceptors (Lipinski definition) is 5. The molecule has 0 aliphatic heterocycles. The van der Waals surface area contributed by atoms with Crippen molar-refractivity contribution in [2.75, 3.05) is 20.7 Å². The molecule has 1 N–H and O–H groups in total. The number of carbonyl (C=O) groups excluding carboxylic acids is 2. The molecule has 38 heavy (non-hydrogen) atoms. The molecule has 1 unspecified atom stereocenters. The van der Waals surface area contributed by atoms with Gasteiger partial charge in [-0.05, 0) is 61.2 Å². The number of nitrogens with one attached hydrogen (secondary N) is 1. The summed E-state index contributed by atoms with van der Waals surface area (Å²) in [7, 11) is 3.42. The zero-order valence-electron chi connectivity index (χ0n) is 21.4. The molecule has 2 aromatic carbocycles. The van der Waals surface area contributed by atoms with Crippen molar-refractivity contribution in [3.63, 3.8) is 0 Å². The molecule has 1 aliphatic carbocycles. The number of alkyl halides is 3. The van der Waals surface area contributed by atoms with E-state index in [1.54, 1.807) is 43.5 Å². The van der Waals surface area contributed by atoms with E-state index in [1.807, 2.05) is 24.1 Å². The van der Waals surface area contributed by atoms with Crippen molar-refractivity contribution >= 4 is 17.8 Å². The van der Waals surface area contributed by atoms with E-state index in [9.17, 15) is 22.8 Å². The van der Waals surface area contributed by atoms with Gasteiger partial charge in [-0.1, -0.05) is 42.5 Å². The number of carbonyl (C=O) groups is 2. The SMILES string of the molecule is C=CCCC(C(=O)NC)N(C)Cc1c(C=O)cccc1OCC1=CC=C(c2ccc(OC(F)(F)F)cc2)C1. The third kappa shape index (κ3) is 7.82. The molecule has 202 valence electrons. The number of allylic oxidation sites excluding steroid dienone is 4. The number of benzene rings is 2. The Morgan fingerprint density at radius 1 is 1.18 bits per heavy atom. The minimum atomic E-state index is -4.73. The van der Waals surface area contributed by atoms with E-state index in [1.165, 1.54) is 12.1 Å². The summed E-state index contributed by atoms with van der Waals surface area (Å²) in [6.07, 6.45) is 3.46. The lowest BCUT2D eigenvalue weighted by molar-refractivity contribution is -0.274. The van der Waals surface area contributed by atoms with Crippen LogP contribution < -0.4 is 14.8 Å². The summed E-state index contributed by atoms with van der Waals surface area (Å²) in [6.45, 7) is 4.33. The Labute approximate surface area is 220 Å². The normalized spacial score (nSPS) is 13.9. The molecule has 3 rings (SSSR count). The summed E-state index contributed by atoms with van der Waals surface area (Å²) in [4.78, 5) is 26.1. The third-order valence-corrected chi connectivity index (χ3v) is 6.24. The van der Waals surface area contributed by atoms with E-state index in [2.05, 4.69) is 16.6 Å². The second kappa shape index (κ2) is 13.1. The summed E-state index contributed by atoms with van der Waals surface area (Å²) in [5.74, 6) is 0.156. The standard InChI is InChI=1S/C29H31F3N2O4/c1-4-5-8-26(28(36)33-2)34(3)17-25-23(18-35)7-6-9-27(25)37-19-20-10-11-22(16-20)21-12-14-24(15-13-21)38-29(30,31)32/h4,6-7,9-15,18,26H,1,5,8,16-17,19H2,2-3H3,(H,33,36). The van der Waals surface area contributed by atoms with Crippen LogP contribution in [0.2, 0.25) is 0 Å². The first-order valence-corrected chi connectivity index (χ1v) is 12.1. The van der Waals surface area contributed by atoms with Gasteiger partial charge >= 0.3 is 6.36 Å². The van der Waals surface area contributed by atoms with Crippen molar-refractivity contribution in [1.82, 2.24) is 10.2 Å². The zero-order chi connectivity index (χ0) is 27.7. The Hall–Kier alpha value is -3.85. The number of nitrogens with zero attached hydrogens (tertiary/aromatic N) is 1. The molecule has 1 atom stereocenters. The Kier molecular flexibility index (Phi) is 9.90. The predicted octanol–water partition coefficient (Wildman–Crippen LogP) is 5.70. The summed E-state index contributed by atoms with van der Waals surface area (Å²) in [5, 5.41) is 2.69. The van der Waals surface area contributed by atoms with Gasteiger partial charge in [0.15, 0.2) is 6.29 Å². The predicted molar refractivity (Wildman–Crippen MR) is 140 cm³/mol. The monoisotopic (exact) mass is 528 g/mol. The molecule has 2 aromatic rings. The molecule has 0 heterocycles. The van der Waals surface area contributed by atoms with Gasteiger partial charge in [0.1, 0.15) is 18.1 Å². The maximum absolute atomic E-state index is 12.5. The lowest BCUT2D eigenvalue weighted by atomic mass is 10.0. The summed E-state index contributed by atoms with van der Waals surface area (Å²) < 4.78 is 47.3. The average Bonchev–Trinajstić information content (AvgIpc) is 3.36. The van der Waals surface area contributed by atoms with Crippen LogP contribution in [-0.2, 0) is 11.3 Å². The number of halogens is 3. The van der Waals surface area contributed by atoms with Crippen molar-refractivity contribution in [1.29, 1.82) is 0 Å². The molecule has 6 nitrogen and oxygen atoms in total. The van der Waals surface area contributed by atoms with Crippen LogP contribution in [-0.4, -0.2) is 50.2 Å². The van der Waals surface area contributed by atoms with Crippen molar-refractivity contribution in [3.05, 3.63) is 89.5 Å². The van der Waals surface area contributed by atoms with Crippen LogP contribution in [0.25, 0.3) is 5.57 Å². The highest BCUT2D eigenvalue weighted by atomic mass is 19.4. The van der Waals surface area contributed by atoms with E-state index >= 15 is 0 Å². The van der Waals surface area contributed by atoms with E-state index in [0.717, 1.165) is 23.0 Å². The molecule has 1 amide bonds. The van der Waals surface area contributed by atoms with Crippen LogP contribution >= 0.6 is 0 Å². The summed E-state index contributed by atoms with van der Waals surface area (Å²) in [5.41, 5.74) is 3.87. The van der Waals surface area contributed by atoms with Gasteiger partial charge in [-0.15, -0.1) is 19.8 Å². The minimum Gasteiger partial charge on any atom is -0.489 e. The maximum atomic E-state index is 12.5. The lowest BCUT2D eigenvalue weighted by Crippen LogP contribution is -2.43. The summed E-state index contributed by atoms with van der Waals surface area (Å²) in [6, 6.07) is 10.6. The van der Waals surface area contributed by atoms with Crippen LogP contribution in [0.4, 0.5) is 13.2 Å². The number of likely N-dealkylation sites (N-methyl/N-ethyl adjacent to an activating group) is 2. The third-order valence-electron chi connectivity index (χ3n) is 6.24. The molecule has 0 saturated carbocycles. The van der Waals surface area contributed by atoms with Crippen molar-refractivity contribution in [3.8, 4) is 11.5 Å². The van der Waals surface area contributed by atoms with Gasteiger partial charge in [0.25, 0.3) is 0 Å². The maximum Gasteiger partial charge on any atom is 0.573 e. The summed E-state index contributed by atoms with van der Waals surface area (Å²) >= 11 is 0. The molecule has 0 saturated heterocycles. The van der Waals surface area contributed by atoms with Gasteiger partial charge in [-0.3, -0.25) is 14.5 Å². The lowest BCUT2D eigenvalue weighted by Gasteiger charge is -2.27. The largest absolute Gasteiger partial charge is 0.573 e. The molecule has 0 radical (unpaired) electrons. The van der Waals surface area contributed by atoms with Gasteiger partial charge in [0, 0.05) is 24.7 Å². The number of amides is 1. The molecule has 0 spiro atoms. The van der Waals surface area contributed by atoms with Gasteiger partial charge in [0.05, 0.1) is 6.04 Å². The topological polar surface area (TPSA) is 67.9 Å². The van der Waals surface area contributed by atoms with Crippen LogP contribution in [0.1, 0.15) is 40.7 Å². The van der Waals surface area contributed by atoms with Gasteiger partial charge in [-0.25, -0.2) is 0 Å². The average molecular weight is 529 g/mol. The molecule has 0 aromatic heterocycles. The fraction of sp³-hybridized carbons (Fsp3) is 0.310. The number of rotatable bonds is 13. The van der Waals surface area contributed by atoms with Crippen molar-refractivity contribution in [2.45, 2.75) is 38.2 Å². The van der Waals surface area contributed by atoms with Crippen LogP contribution in [0.15, 0.2) is 72.8 Å². The number of hydrogen-bond donors (Lipinski definition) is 1. The van der Waals surface area contributed by atoms with Crippen molar-refractivity contribution < 1.29 is 32.2 Å². The highest BCUT2D eigenvalue weighted by Crippen LogP contribution is 2.32. The van der Waals surface area contributed by atoms with Crippen molar-refractivity contribution in [2.24, 2.45) is 0 Å². The van der Waals surface area contributed by atoms with Gasteiger partial charge in [-0.2, -0.15) is 0 Å². The Bertz CT molecular complexity index is 1200. The molecule has 9 heteroatoms. The zero-order valence-corrected chi connectivity index (χ0v) is 21.4. The van der Waals surface area contributed by atoms with E-state index in [0.29, 0.717) is 42.7 Å². The number of aldehydes is 1. The Morgan fingerprint density at radius 3 is 2.55 bits per heavy atom. The Morgan fingerprint density at radius 2 is 1.92 bits per heavy atom. The number of ether oxygens (including phenoxy) is 2. The smallest absolute Gasteiger partial charge is 0.489 e. The van der Waals surface area contributed by atoms with E-state index < -0.39 is 12.4 Å². The second-order valence-electron chi connectivity index (χ2n) is 8.91. The second-order valence-corrected chi connectivity index (χ2v) is 8.91. The van der Waals surface area contributed by atoms with Crippen LogP contribution in [0.5, 0.6) is 11.5 Å². The highest BCUT2D eigenvalue weighted by molar-refractivity contribution is 5.82.